The quantitative estimate of drug-likeness (QED) is 0.374. The van der Waals surface area contributed by atoms with Crippen LogP contribution in [0.4, 0.5) is 0 Å². The molecule has 0 spiro atoms. The van der Waals surface area contributed by atoms with Gasteiger partial charge in [0.05, 0.1) is 19.6 Å². The van der Waals surface area contributed by atoms with E-state index in [1.165, 1.54) is 0 Å². The van der Waals surface area contributed by atoms with Crippen molar-refractivity contribution in [2.45, 2.75) is 25.5 Å². The summed E-state index contributed by atoms with van der Waals surface area (Å²) in [4.78, 5) is 29.8. The Hall–Kier alpha value is -3.55. The Morgan fingerprint density at radius 1 is 1.00 bits per heavy atom. The molecule has 2 amide bonds. The molecule has 0 aromatic heterocycles. The van der Waals surface area contributed by atoms with E-state index in [0.717, 1.165) is 11.1 Å². The summed E-state index contributed by atoms with van der Waals surface area (Å²) in [6.07, 6.45) is 0.0619. The van der Waals surface area contributed by atoms with Gasteiger partial charge in [-0.25, -0.2) is 0 Å². The predicted molar refractivity (Wildman–Crippen MR) is 146 cm³/mol. The molecule has 38 heavy (non-hydrogen) atoms. The summed E-state index contributed by atoms with van der Waals surface area (Å²) in [6, 6.07) is 24.4. The van der Waals surface area contributed by atoms with Gasteiger partial charge in [0, 0.05) is 25.2 Å². The van der Waals surface area contributed by atoms with Crippen LogP contribution in [0.2, 0.25) is 5.02 Å². The van der Waals surface area contributed by atoms with Crippen molar-refractivity contribution in [3.05, 3.63) is 95.0 Å². The fourth-order valence-corrected chi connectivity index (χ4v) is 4.48. The first kappa shape index (κ1) is 27.5. The monoisotopic (exact) mass is 536 g/mol. The molecule has 1 heterocycles. The van der Waals surface area contributed by atoms with E-state index in [1.807, 2.05) is 61.5 Å². The second kappa shape index (κ2) is 12.8. The van der Waals surface area contributed by atoms with Gasteiger partial charge in [0.2, 0.25) is 5.91 Å². The number of benzene rings is 3. The van der Waals surface area contributed by atoms with Crippen molar-refractivity contribution in [3.63, 3.8) is 0 Å². The van der Waals surface area contributed by atoms with E-state index in [2.05, 4.69) is 0 Å². The van der Waals surface area contributed by atoms with Gasteiger partial charge in [-0.15, -0.1) is 0 Å². The predicted octanol–water partition coefficient (Wildman–Crippen LogP) is 4.75. The molecule has 1 aliphatic heterocycles. The van der Waals surface area contributed by atoms with E-state index in [-0.39, 0.29) is 44.6 Å². The minimum Gasteiger partial charge on any atom is -0.490 e. The molecule has 1 fully saturated rings. The Kier molecular flexibility index (Phi) is 9.26. The Labute approximate surface area is 228 Å². The van der Waals surface area contributed by atoms with Crippen LogP contribution < -0.4 is 9.47 Å². The average molecular weight is 537 g/mol. The highest BCUT2D eigenvalue weighted by Gasteiger charge is 2.42. The minimum atomic E-state index is -1.02. The van der Waals surface area contributed by atoms with Gasteiger partial charge in [-0.2, -0.15) is 0 Å². The highest BCUT2D eigenvalue weighted by molar-refractivity contribution is 6.30. The molecular weight excluding hydrogens is 504 g/mol. The third-order valence-corrected chi connectivity index (χ3v) is 6.78. The van der Waals surface area contributed by atoms with Crippen LogP contribution in [-0.4, -0.2) is 67.2 Å². The maximum Gasteiger partial charge on any atom is 0.260 e. The standard InChI is InChI=1S/C30H33ClN2O5/c1-23-8-6-7-11-27(23)36-20-29(35)33-16-17-38-30(21-33,22-37-26-14-12-25(31)13-15-26)18-28(34)32(2)19-24-9-4-3-5-10-24/h3-15H,16-22H2,1-2H3/t30-/m1/s1. The molecule has 4 rings (SSSR count). The molecule has 0 unspecified atom stereocenters. The van der Waals surface area contributed by atoms with E-state index in [1.54, 1.807) is 41.1 Å². The van der Waals surface area contributed by atoms with Crippen LogP contribution in [0.1, 0.15) is 17.5 Å². The molecule has 0 bridgehead atoms. The summed E-state index contributed by atoms with van der Waals surface area (Å²) >= 11 is 6.01. The number of hydrogen-bond donors (Lipinski definition) is 0. The number of amides is 2. The van der Waals surface area contributed by atoms with Crippen LogP contribution in [-0.2, 0) is 20.9 Å². The van der Waals surface area contributed by atoms with Gasteiger partial charge in [-0.3, -0.25) is 9.59 Å². The van der Waals surface area contributed by atoms with Crippen molar-refractivity contribution in [3.8, 4) is 11.5 Å². The number of morpholine rings is 1. The van der Waals surface area contributed by atoms with Crippen molar-refractivity contribution in [1.82, 2.24) is 9.80 Å². The van der Waals surface area contributed by atoms with Crippen LogP contribution in [0, 0.1) is 6.92 Å². The molecule has 8 heteroatoms. The van der Waals surface area contributed by atoms with Gasteiger partial charge in [0.15, 0.2) is 6.61 Å². The van der Waals surface area contributed by atoms with Gasteiger partial charge in [0.1, 0.15) is 23.7 Å². The first-order valence-electron chi connectivity index (χ1n) is 12.6. The van der Waals surface area contributed by atoms with Gasteiger partial charge in [0.25, 0.3) is 5.91 Å². The number of ether oxygens (including phenoxy) is 3. The maximum absolute atomic E-state index is 13.3. The summed E-state index contributed by atoms with van der Waals surface area (Å²) in [5, 5.41) is 0.601. The first-order valence-corrected chi connectivity index (χ1v) is 13.0. The average Bonchev–Trinajstić information content (AvgIpc) is 2.93. The zero-order valence-corrected chi connectivity index (χ0v) is 22.5. The molecule has 0 N–H and O–H groups in total. The summed E-state index contributed by atoms with van der Waals surface area (Å²) in [7, 11) is 1.77. The van der Waals surface area contributed by atoms with Crippen LogP contribution in [0.5, 0.6) is 11.5 Å². The molecule has 0 radical (unpaired) electrons. The van der Waals surface area contributed by atoms with Gasteiger partial charge < -0.3 is 24.0 Å². The Morgan fingerprint density at radius 3 is 2.45 bits per heavy atom. The minimum absolute atomic E-state index is 0.0619. The van der Waals surface area contributed by atoms with Gasteiger partial charge in [-0.05, 0) is 48.4 Å². The number of para-hydroxylation sites is 1. The normalized spacial score (nSPS) is 17.1. The Balaban J connectivity index is 1.46. The molecule has 1 aliphatic rings. The molecule has 1 saturated heterocycles. The first-order chi connectivity index (χ1) is 18.3. The molecular formula is C30H33ClN2O5. The van der Waals surface area contributed by atoms with Crippen LogP contribution in [0.25, 0.3) is 0 Å². The smallest absolute Gasteiger partial charge is 0.260 e. The lowest BCUT2D eigenvalue weighted by Gasteiger charge is -2.42. The number of nitrogens with zero attached hydrogens (tertiary/aromatic N) is 2. The molecule has 0 aliphatic carbocycles. The molecule has 1 atom stereocenters. The molecule has 7 nitrogen and oxygen atoms in total. The molecule has 3 aromatic carbocycles. The van der Waals surface area contributed by atoms with Crippen molar-refractivity contribution >= 4 is 23.4 Å². The topological polar surface area (TPSA) is 68.3 Å². The van der Waals surface area contributed by atoms with E-state index in [9.17, 15) is 9.59 Å². The number of carbonyl (C=O) groups excluding carboxylic acids is 2. The van der Waals surface area contributed by atoms with Gasteiger partial charge in [-0.1, -0.05) is 60.1 Å². The number of carbonyl (C=O) groups is 2. The Bertz CT molecular complexity index is 1220. The van der Waals surface area contributed by atoms with E-state index >= 15 is 0 Å². The summed E-state index contributed by atoms with van der Waals surface area (Å²) in [5.74, 6) is 1.01. The third-order valence-electron chi connectivity index (χ3n) is 6.52. The SMILES string of the molecule is Cc1ccccc1OCC(=O)N1CCO[C@](COc2ccc(Cl)cc2)(CC(=O)N(C)Cc2ccccc2)C1. The highest BCUT2D eigenvalue weighted by Crippen LogP contribution is 2.27. The lowest BCUT2D eigenvalue weighted by Crippen LogP contribution is -2.58. The maximum atomic E-state index is 13.3. The van der Waals surface area contributed by atoms with E-state index in [0.29, 0.717) is 29.6 Å². The lowest BCUT2D eigenvalue weighted by molar-refractivity contribution is -0.166. The lowest BCUT2D eigenvalue weighted by atomic mass is 9.96. The number of halogens is 1. The number of hydrogen-bond acceptors (Lipinski definition) is 5. The fourth-order valence-electron chi connectivity index (χ4n) is 4.35. The number of aryl methyl sites for hydroxylation is 1. The van der Waals surface area contributed by atoms with Crippen LogP contribution >= 0.6 is 11.6 Å². The second-order valence-electron chi connectivity index (χ2n) is 9.56. The molecule has 3 aromatic rings. The third kappa shape index (κ3) is 7.49. The molecule has 200 valence electrons. The summed E-state index contributed by atoms with van der Waals surface area (Å²) in [6.45, 7) is 3.32. The van der Waals surface area contributed by atoms with Gasteiger partial charge >= 0.3 is 0 Å². The highest BCUT2D eigenvalue weighted by atomic mass is 35.5. The largest absolute Gasteiger partial charge is 0.490 e. The fraction of sp³-hybridized carbons (Fsp3) is 0.333. The Morgan fingerprint density at radius 2 is 1.71 bits per heavy atom. The van der Waals surface area contributed by atoms with Crippen LogP contribution in [0.15, 0.2) is 78.9 Å². The van der Waals surface area contributed by atoms with Crippen molar-refractivity contribution < 1.29 is 23.8 Å². The van der Waals surface area contributed by atoms with E-state index in [4.69, 9.17) is 25.8 Å². The molecule has 0 saturated carbocycles. The summed E-state index contributed by atoms with van der Waals surface area (Å²) in [5.41, 5.74) is 0.975. The van der Waals surface area contributed by atoms with Crippen molar-refractivity contribution in [2.75, 3.05) is 40.0 Å². The second-order valence-corrected chi connectivity index (χ2v) is 9.99. The summed E-state index contributed by atoms with van der Waals surface area (Å²) < 4.78 is 18.1. The van der Waals surface area contributed by atoms with E-state index < -0.39 is 5.60 Å². The van der Waals surface area contributed by atoms with Crippen molar-refractivity contribution in [1.29, 1.82) is 0 Å². The van der Waals surface area contributed by atoms with Crippen LogP contribution in [0.3, 0.4) is 0 Å². The number of rotatable bonds is 10. The van der Waals surface area contributed by atoms with Crippen molar-refractivity contribution in [2.24, 2.45) is 0 Å². The zero-order chi connectivity index (χ0) is 27.0. The zero-order valence-electron chi connectivity index (χ0n) is 21.8.